The molecule has 0 saturated heterocycles. The van der Waals surface area contributed by atoms with Crippen LogP contribution in [0.5, 0.6) is 0 Å². The van der Waals surface area contributed by atoms with Gasteiger partial charge in [0.05, 0.1) is 5.69 Å². The summed E-state index contributed by atoms with van der Waals surface area (Å²) in [6.45, 7) is 2.51. The fourth-order valence-corrected chi connectivity index (χ4v) is 2.44. The van der Waals surface area contributed by atoms with Crippen molar-refractivity contribution in [2.75, 3.05) is 13.7 Å². The quantitative estimate of drug-likeness (QED) is 0.796. The van der Waals surface area contributed by atoms with Gasteiger partial charge in [0, 0.05) is 19.4 Å². The van der Waals surface area contributed by atoms with Crippen LogP contribution in [0, 0.1) is 6.92 Å². The van der Waals surface area contributed by atoms with E-state index in [1.54, 1.807) is 7.11 Å². The summed E-state index contributed by atoms with van der Waals surface area (Å²) in [5.74, 6) is -0.283. The maximum Gasteiger partial charge on any atom is 0.356 e. The molecule has 112 valence electrons. The van der Waals surface area contributed by atoms with E-state index in [-0.39, 0.29) is 5.69 Å². The molecule has 0 saturated carbocycles. The third-order valence-corrected chi connectivity index (χ3v) is 3.37. The van der Waals surface area contributed by atoms with E-state index in [9.17, 15) is 9.90 Å². The van der Waals surface area contributed by atoms with Gasteiger partial charge in [0.15, 0.2) is 5.69 Å². The van der Waals surface area contributed by atoms with Crippen molar-refractivity contribution in [3.05, 3.63) is 47.5 Å². The molecule has 2 rings (SSSR count). The maximum atomic E-state index is 11.4. The molecule has 1 heterocycles. The van der Waals surface area contributed by atoms with Gasteiger partial charge in [0.25, 0.3) is 0 Å². The molecule has 0 atom stereocenters. The van der Waals surface area contributed by atoms with Gasteiger partial charge in [-0.2, -0.15) is 0 Å². The van der Waals surface area contributed by atoms with Gasteiger partial charge in [-0.25, -0.2) is 9.78 Å². The summed E-state index contributed by atoms with van der Waals surface area (Å²) in [4.78, 5) is 15.6. The second-order valence-corrected chi connectivity index (χ2v) is 4.88. The third kappa shape index (κ3) is 3.49. The fourth-order valence-electron chi connectivity index (χ4n) is 2.44. The lowest BCUT2D eigenvalue weighted by Gasteiger charge is -2.11. The van der Waals surface area contributed by atoms with Crippen LogP contribution in [0.25, 0.3) is 5.69 Å². The Morgan fingerprint density at radius 1 is 1.29 bits per heavy atom. The topological polar surface area (TPSA) is 64.3 Å². The monoisotopic (exact) mass is 288 g/mol. The summed E-state index contributed by atoms with van der Waals surface area (Å²) in [5.41, 5.74) is 1.84. The first kappa shape index (κ1) is 15.3. The van der Waals surface area contributed by atoms with Crippen LogP contribution in [0.2, 0.25) is 0 Å². The fraction of sp³-hybridized carbons (Fsp3) is 0.375. The molecule has 0 fully saturated rings. The first-order valence-corrected chi connectivity index (χ1v) is 7.01. The van der Waals surface area contributed by atoms with Crippen molar-refractivity contribution in [1.29, 1.82) is 0 Å². The Morgan fingerprint density at radius 2 is 2.00 bits per heavy atom. The average molecular weight is 288 g/mol. The molecule has 5 heteroatoms. The Hall–Kier alpha value is -2.14. The standard InChI is InChI=1S/C16H20N2O3/c1-12-17-15(16(19)20)14(10-6-7-11-21-2)18(12)13-8-4-3-5-9-13/h3-5,8-9H,6-7,10-11H2,1-2H3,(H,19,20). The van der Waals surface area contributed by atoms with Gasteiger partial charge >= 0.3 is 5.97 Å². The van der Waals surface area contributed by atoms with Crippen LogP contribution in [0.3, 0.4) is 0 Å². The zero-order chi connectivity index (χ0) is 15.2. The van der Waals surface area contributed by atoms with Crippen molar-refractivity contribution in [1.82, 2.24) is 9.55 Å². The summed E-state index contributed by atoms with van der Waals surface area (Å²) in [5, 5.41) is 9.35. The van der Waals surface area contributed by atoms with Gasteiger partial charge in [-0.15, -0.1) is 0 Å². The van der Waals surface area contributed by atoms with Crippen LogP contribution in [-0.2, 0) is 11.2 Å². The number of aromatic carboxylic acids is 1. The number of imidazole rings is 1. The molecule has 1 aromatic heterocycles. The van der Waals surface area contributed by atoms with Crippen LogP contribution < -0.4 is 0 Å². The van der Waals surface area contributed by atoms with Crippen molar-refractivity contribution in [2.45, 2.75) is 26.2 Å². The largest absolute Gasteiger partial charge is 0.476 e. The van der Waals surface area contributed by atoms with Gasteiger partial charge in [-0.1, -0.05) is 18.2 Å². The van der Waals surface area contributed by atoms with Crippen molar-refractivity contribution < 1.29 is 14.6 Å². The first-order chi connectivity index (χ1) is 10.1. The van der Waals surface area contributed by atoms with Gasteiger partial charge < -0.3 is 14.4 Å². The summed E-state index contributed by atoms with van der Waals surface area (Å²) in [6.07, 6.45) is 2.43. The van der Waals surface area contributed by atoms with E-state index in [4.69, 9.17) is 4.74 Å². The summed E-state index contributed by atoms with van der Waals surface area (Å²) in [6, 6.07) is 9.72. The Bertz CT molecular complexity index is 605. The highest BCUT2D eigenvalue weighted by atomic mass is 16.5. The molecule has 0 amide bonds. The number of carboxylic acids is 1. The van der Waals surface area contributed by atoms with E-state index in [0.29, 0.717) is 18.9 Å². The number of carboxylic acid groups (broad SMARTS) is 1. The SMILES string of the molecule is COCCCCc1c(C(=O)O)nc(C)n1-c1ccccc1. The number of aryl methyl sites for hydroxylation is 1. The molecule has 0 aliphatic carbocycles. The minimum atomic E-state index is -0.977. The molecule has 0 unspecified atom stereocenters. The summed E-state index contributed by atoms with van der Waals surface area (Å²) < 4.78 is 6.97. The lowest BCUT2D eigenvalue weighted by Crippen LogP contribution is -2.07. The van der Waals surface area contributed by atoms with Crippen LogP contribution in [0.4, 0.5) is 0 Å². The van der Waals surface area contributed by atoms with E-state index in [1.165, 1.54) is 0 Å². The van der Waals surface area contributed by atoms with Gasteiger partial charge in [0.2, 0.25) is 0 Å². The van der Waals surface area contributed by atoms with Gasteiger partial charge in [0.1, 0.15) is 5.82 Å². The molecule has 0 aliphatic rings. The zero-order valence-corrected chi connectivity index (χ0v) is 12.4. The third-order valence-electron chi connectivity index (χ3n) is 3.37. The average Bonchev–Trinajstić information content (AvgIpc) is 2.81. The van der Waals surface area contributed by atoms with Crippen LogP contribution in [0.1, 0.15) is 34.8 Å². The molecule has 0 bridgehead atoms. The molecular formula is C16H20N2O3. The first-order valence-electron chi connectivity index (χ1n) is 7.01. The lowest BCUT2D eigenvalue weighted by atomic mass is 10.1. The van der Waals surface area contributed by atoms with Gasteiger partial charge in [-0.05, 0) is 38.3 Å². The number of benzene rings is 1. The number of hydrogen-bond donors (Lipinski definition) is 1. The molecule has 2 aromatic rings. The second kappa shape index (κ2) is 7.04. The molecule has 21 heavy (non-hydrogen) atoms. The number of para-hydroxylation sites is 1. The molecule has 1 N–H and O–H groups in total. The Kier molecular flexibility index (Phi) is 5.11. The second-order valence-electron chi connectivity index (χ2n) is 4.88. The van der Waals surface area contributed by atoms with Crippen molar-refractivity contribution in [3.8, 4) is 5.69 Å². The Balaban J connectivity index is 2.36. The minimum absolute atomic E-state index is 0.147. The number of ether oxygens (including phenoxy) is 1. The minimum Gasteiger partial charge on any atom is -0.476 e. The number of rotatable bonds is 7. The van der Waals surface area contributed by atoms with Crippen molar-refractivity contribution in [3.63, 3.8) is 0 Å². The number of hydrogen-bond acceptors (Lipinski definition) is 3. The van der Waals surface area contributed by atoms with Crippen LogP contribution in [-0.4, -0.2) is 34.3 Å². The number of aromatic nitrogens is 2. The van der Waals surface area contributed by atoms with E-state index in [1.807, 2.05) is 41.8 Å². The number of carbonyl (C=O) groups is 1. The summed E-state index contributed by atoms with van der Waals surface area (Å²) in [7, 11) is 1.67. The van der Waals surface area contributed by atoms with E-state index < -0.39 is 5.97 Å². The normalized spacial score (nSPS) is 10.8. The van der Waals surface area contributed by atoms with Crippen molar-refractivity contribution in [2.24, 2.45) is 0 Å². The smallest absolute Gasteiger partial charge is 0.356 e. The number of methoxy groups -OCH3 is 1. The van der Waals surface area contributed by atoms with Crippen LogP contribution >= 0.6 is 0 Å². The molecule has 1 aromatic carbocycles. The number of unbranched alkanes of at least 4 members (excludes halogenated alkanes) is 1. The van der Waals surface area contributed by atoms with E-state index in [0.717, 1.165) is 24.2 Å². The summed E-state index contributed by atoms with van der Waals surface area (Å²) >= 11 is 0. The predicted octanol–water partition coefficient (Wildman–Crippen LogP) is 2.85. The van der Waals surface area contributed by atoms with Crippen LogP contribution in [0.15, 0.2) is 30.3 Å². The molecule has 0 spiro atoms. The predicted molar refractivity (Wildman–Crippen MR) is 80.1 cm³/mol. The highest BCUT2D eigenvalue weighted by molar-refractivity contribution is 5.87. The van der Waals surface area contributed by atoms with Gasteiger partial charge in [-0.3, -0.25) is 0 Å². The lowest BCUT2D eigenvalue weighted by molar-refractivity contribution is 0.0689. The molecular weight excluding hydrogens is 268 g/mol. The molecule has 0 radical (unpaired) electrons. The molecule has 0 aliphatic heterocycles. The highest BCUT2D eigenvalue weighted by Crippen LogP contribution is 2.20. The maximum absolute atomic E-state index is 11.4. The van der Waals surface area contributed by atoms with Crippen molar-refractivity contribution >= 4 is 5.97 Å². The molecule has 5 nitrogen and oxygen atoms in total. The number of nitrogens with zero attached hydrogens (tertiary/aromatic N) is 2. The Labute approximate surface area is 124 Å². The highest BCUT2D eigenvalue weighted by Gasteiger charge is 2.20. The van der Waals surface area contributed by atoms with E-state index in [2.05, 4.69) is 4.98 Å². The Morgan fingerprint density at radius 3 is 2.62 bits per heavy atom. The zero-order valence-electron chi connectivity index (χ0n) is 12.4. The van der Waals surface area contributed by atoms with E-state index >= 15 is 0 Å².